The van der Waals surface area contributed by atoms with Gasteiger partial charge < -0.3 is 10.5 Å². The number of para-hydroxylation sites is 1. The molecule has 0 fully saturated rings. The van der Waals surface area contributed by atoms with Crippen molar-refractivity contribution in [1.82, 2.24) is 0 Å². The van der Waals surface area contributed by atoms with E-state index < -0.39 is 10.0 Å². The van der Waals surface area contributed by atoms with Gasteiger partial charge in [-0.15, -0.1) is 4.40 Å². The van der Waals surface area contributed by atoms with Crippen molar-refractivity contribution in [2.45, 2.75) is 18.7 Å². The Labute approximate surface area is 95.0 Å². The van der Waals surface area contributed by atoms with Gasteiger partial charge in [-0.1, -0.05) is 12.1 Å². The van der Waals surface area contributed by atoms with Gasteiger partial charge in [0, 0.05) is 6.92 Å². The number of anilines is 1. The fourth-order valence-corrected chi connectivity index (χ4v) is 2.34. The number of sulfonamides is 1. The van der Waals surface area contributed by atoms with Crippen LogP contribution in [0.25, 0.3) is 0 Å². The maximum Gasteiger partial charge on any atom is 0.287 e. The van der Waals surface area contributed by atoms with Gasteiger partial charge in [-0.25, -0.2) is 0 Å². The van der Waals surface area contributed by atoms with Crippen LogP contribution in [0.5, 0.6) is 0 Å². The van der Waals surface area contributed by atoms with Crippen molar-refractivity contribution in [3.63, 3.8) is 0 Å². The van der Waals surface area contributed by atoms with Gasteiger partial charge in [0.25, 0.3) is 10.0 Å². The van der Waals surface area contributed by atoms with Crippen LogP contribution in [0.2, 0.25) is 0 Å². The van der Waals surface area contributed by atoms with E-state index in [-0.39, 0.29) is 16.5 Å². The molecule has 0 spiro atoms. The highest BCUT2D eigenvalue weighted by atomic mass is 32.2. The topological polar surface area (TPSA) is 81.8 Å². The second-order valence-corrected chi connectivity index (χ2v) is 4.85. The normalized spacial score (nSPS) is 12.6. The molecular weight excluding hydrogens is 228 g/mol. The summed E-state index contributed by atoms with van der Waals surface area (Å²) in [6.45, 7) is 3.20. The molecule has 16 heavy (non-hydrogen) atoms. The zero-order valence-corrected chi connectivity index (χ0v) is 10.2. The number of hydrogen-bond donors (Lipinski definition) is 1. The van der Waals surface area contributed by atoms with E-state index in [0.29, 0.717) is 5.56 Å². The summed E-state index contributed by atoms with van der Waals surface area (Å²) in [6, 6.07) is 4.78. The number of nitrogens with zero attached hydrogens (tertiary/aromatic N) is 1. The van der Waals surface area contributed by atoms with E-state index in [1.54, 1.807) is 19.1 Å². The molecule has 1 aromatic carbocycles. The zero-order valence-electron chi connectivity index (χ0n) is 9.39. The van der Waals surface area contributed by atoms with Crippen molar-refractivity contribution in [1.29, 1.82) is 0 Å². The van der Waals surface area contributed by atoms with Gasteiger partial charge in [-0.05, 0) is 18.6 Å². The standard InChI is InChI=1S/C10H14N2O3S/c1-7-5-4-6-9(10(7)11)16(13,14)12-8(2)15-3/h4-6H,11H2,1-3H3/b12-8-. The quantitative estimate of drug-likeness (QED) is 0.482. The summed E-state index contributed by atoms with van der Waals surface area (Å²) in [7, 11) is -2.43. The minimum absolute atomic E-state index is 0.00361. The molecule has 88 valence electrons. The molecule has 0 amide bonds. The second kappa shape index (κ2) is 4.52. The monoisotopic (exact) mass is 242 g/mol. The first-order chi connectivity index (χ1) is 7.38. The summed E-state index contributed by atoms with van der Waals surface area (Å²) in [5, 5.41) is 0. The van der Waals surface area contributed by atoms with Crippen LogP contribution in [0.4, 0.5) is 5.69 Å². The van der Waals surface area contributed by atoms with Crippen LogP contribution in [-0.2, 0) is 14.8 Å². The number of benzene rings is 1. The third kappa shape index (κ3) is 2.52. The molecule has 0 aliphatic heterocycles. The van der Waals surface area contributed by atoms with Crippen molar-refractivity contribution >= 4 is 21.6 Å². The van der Waals surface area contributed by atoms with Crippen molar-refractivity contribution in [3.05, 3.63) is 23.8 Å². The van der Waals surface area contributed by atoms with E-state index in [0.717, 1.165) is 0 Å². The van der Waals surface area contributed by atoms with Gasteiger partial charge in [0.05, 0.1) is 12.8 Å². The van der Waals surface area contributed by atoms with Gasteiger partial charge in [-0.2, -0.15) is 8.42 Å². The van der Waals surface area contributed by atoms with E-state index in [1.807, 2.05) is 0 Å². The summed E-state index contributed by atoms with van der Waals surface area (Å²) in [5.41, 5.74) is 6.61. The fraction of sp³-hybridized carbons (Fsp3) is 0.300. The molecule has 0 radical (unpaired) electrons. The summed E-state index contributed by atoms with van der Waals surface area (Å²) in [4.78, 5) is 0.00361. The number of methoxy groups -OCH3 is 1. The van der Waals surface area contributed by atoms with E-state index in [9.17, 15) is 8.42 Å². The predicted octanol–water partition coefficient (Wildman–Crippen LogP) is 1.33. The minimum atomic E-state index is -3.79. The first-order valence-corrected chi connectivity index (χ1v) is 6.03. The molecule has 6 heteroatoms. The number of aryl methyl sites for hydroxylation is 1. The average Bonchev–Trinajstić information content (AvgIpc) is 2.21. The number of ether oxygens (including phenoxy) is 1. The van der Waals surface area contributed by atoms with Gasteiger partial charge in [-0.3, -0.25) is 0 Å². The summed E-state index contributed by atoms with van der Waals surface area (Å²) in [5.74, 6) is 0.0703. The molecule has 0 heterocycles. The largest absolute Gasteiger partial charge is 0.484 e. The molecule has 0 unspecified atom stereocenters. The average molecular weight is 242 g/mol. The summed E-state index contributed by atoms with van der Waals surface area (Å²) < 4.78 is 31.8. The van der Waals surface area contributed by atoms with Crippen LogP contribution in [0.1, 0.15) is 12.5 Å². The predicted molar refractivity (Wildman–Crippen MR) is 62.9 cm³/mol. The van der Waals surface area contributed by atoms with Crippen LogP contribution in [0, 0.1) is 6.92 Å². The Morgan fingerprint density at radius 3 is 2.62 bits per heavy atom. The molecule has 0 aliphatic rings. The van der Waals surface area contributed by atoms with Gasteiger partial charge in [0.15, 0.2) is 5.90 Å². The van der Waals surface area contributed by atoms with E-state index in [2.05, 4.69) is 4.40 Å². The fourth-order valence-electron chi connectivity index (χ4n) is 1.13. The second-order valence-electron chi connectivity index (χ2n) is 3.28. The Hall–Kier alpha value is -1.56. The SMILES string of the molecule is CO/C(C)=N\S(=O)(=O)c1cccc(C)c1N. The Bertz CT molecular complexity index is 521. The molecule has 1 rings (SSSR count). The number of nitrogen functional groups attached to an aromatic ring is 1. The lowest BCUT2D eigenvalue weighted by Gasteiger charge is -2.06. The molecule has 0 aliphatic carbocycles. The summed E-state index contributed by atoms with van der Waals surface area (Å²) >= 11 is 0. The Balaban J connectivity index is 3.34. The molecule has 2 N–H and O–H groups in total. The molecule has 0 saturated heterocycles. The van der Waals surface area contributed by atoms with Crippen molar-refractivity contribution in [2.75, 3.05) is 12.8 Å². The lowest BCUT2D eigenvalue weighted by atomic mass is 10.2. The molecule has 0 bridgehead atoms. The van der Waals surface area contributed by atoms with E-state index in [4.69, 9.17) is 10.5 Å². The molecule has 1 aromatic rings. The van der Waals surface area contributed by atoms with Gasteiger partial charge in [0.2, 0.25) is 0 Å². The molecule has 5 nitrogen and oxygen atoms in total. The van der Waals surface area contributed by atoms with Gasteiger partial charge in [0.1, 0.15) is 4.90 Å². The molecule has 0 atom stereocenters. The summed E-state index contributed by atoms with van der Waals surface area (Å²) in [6.07, 6.45) is 0. The Morgan fingerprint density at radius 2 is 2.06 bits per heavy atom. The number of nitrogens with two attached hydrogens (primary N) is 1. The molecule has 0 aromatic heterocycles. The number of hydrogen-bond acceptors (Lipinski definition) is 4. The van der Waals surface area contributed by atoms with Crippen LogP contribution in [-0.4, -0.2) is 21.4 Å². The third-order valence-corrected chi connectivity index (χ3v) is 3.52. The zero-order chi connectivity index (χ0) is 12.3. The third-order valence-electron chi connectivity index (χ3n) is 2.11. The van der Waals surface area contributed by atoms with Crippen LogP contribution >= 0.6 is 0 Å². The van der Waals surface area contributed by atoms with Crippen LogP contribution in [0.15, 0.2) is 27.5 Å². The first-order valence-electron chi connectivity index (χ1n) is 4.59. The van der Waals surface area contributed by atoms with Crippen molar-refractivity contribution in [3.8, 4) is 0 Å². The highest BCUT2D eigenvalue weighted by Crippen LogP contribution is 2.23. The smallest absolute Gasteiger partial charge is 0.287 e. The van der Waals surface area contributed by atoms with E-state index >= 15 is 0 Å². The number of rotatable bonds is 2. The van der Waals surface area contributed by atoms with Crippen molar-refractivity contribution in [2.24, 2.45) is 4.40 Å². The van der Waals surface area contributed by atoms with E-state index in [1.165, 1.54) is 20.1 Å². The Kier molecular flexibility index (Phi) is 3.54. The minimum Gasteiger partial charge on any atom is -0.484 e. The molecular formula is C10H14N2O3S. The first kappa shape index (κ1) is 12.5. The lowest BCUT2D eigenvalue weighted by molar-refractivity contribution is 0.401. The van der Waals surface area contributed by atoms with Crippen molar-refractivity contribution < 1.29 is 13.2 Å². The Morgan fingerprint density at radius 1 is 1.44 bits per heavy atom. The van der Waals surface area contributed by atoms with Gasteiger partial charge >= 0.3 is 0 Å². The maximum absolute atomic E-state index is 11.8. The maximum atomic E-state index is 11.8. The molecule has 0 saturated carbocycles. The van der Waals surface area contributed by atoms with Crippen LogP contribution < -0.4 is 5.73 Å². The lowest BCUT2D eigenvalue weighted by Crippen LogP contribution is -2.06. The highest BCUT2D eigenvalue weighted by Gasteiger charge is 2.17. The van der Waals surface area contributed by atoms with Crippen LogP contribution in [0.3, 0.4) is 0 Å². The highest BCUT2D eigenvalue weighted by molar-refractivity contribution is 7.90.